The first-order valence-corrected chi connectivity index (χ1v) is 7.69. The Balaban J connectivity index is 1.99. The summed E-state index contributed by atoms with van der Waals surface area (Å²) >= 11 is 0. The fraction of sp³-hybridized carbons (Fsp3) is 0.278. The highest BCUT2D eigenvalue weighted by molar-refractivity contribution is 5.55. The maximum Gasteiger partial charge on any atom is 0.267 e. The van der Waals surface area contributed by atoms with Gasteiger partial charge in [-0.25, -0.2) is 4.68 Å². The van der Waals surface area contributed by atoms with E-state index in [0.29, 0.717) is 12.5 Å². The molecule has 0 radical (unpaired) electrons. The maximum atomic E-state index is 12.2. The van der Waals surface area contributed by atoms with Crippen molar-refractivity contribution in [2.75, 3.05) is 0 Å². The lowest BCUT2D eigenvalue weighted by Gasteiger charge is -2.13. The number of rotatable bonds is 4. The van der Waals surface area contributed by atoms with E-state index in [1.807, 2.05) is 25.4 Å². The number of hydrogen-bond acceptors (Lipinski definition) is 3. The molecule has 1 aromatic carbocycles. The van der Waals surface area contributed by atoms with Gasteiger partial charge in [-0.3, -0.25) is 9.48 Å². The third kappa shape index (κ3) is 3.23. The molecule has 0 amide bonds. The Labute approximate surface area is 135 Å². The molecule has 0 fully saturated rings. The van der Waals surface area contributed by atoms with E-state index in [1.165, 1.54) is 10.2 Å². The van der Waals surface area contributed by atoms with Gasteiger partial charge in [0.05, 0.1) is 18.4 Å². The standard InChI is InChI=1S/C18H20N4O/c1-13(2)16-7-5-4-6-14(16)12-22-18(23)9-8-17(20-22)15-10-19-21(3)11-15/h4-11,13H,12H2,1-3H3. The van der Waals surface area contributed by atoms with E-state index < -0.39 is 0 Å². The van der Waals surface area contributed by atoms with Crippen molar-refractivity contribution in [3.63, 3.8) is 0 Å². The molecule has 23 heavy (non-hydrogen) atoms. The van der Waals surface area contributed by atoms with Crippen LogP contribution in [0.25, 0.3) is 11.3 Å². The molecular formula is C18H20N4O. The van der Waals surface area contributed by atoms with Crippen molar-refractivity contribution in [3.8, 4) is 11.3 Å². The molecule has 0 N–H and O–H groups in total. The van der Waals surface area contributed by atoms with Crippen molar-refractivity contribution in [2.24, 2.45) is 7.05 Å². The minimum absolute atomic E-state index is 0.101. The van der Waals surface area contributed by atoms with Gasteiger partial charge in [0, 0.05) is 24.9 Å². The Bertz CT molecular complexity index is 876. The Morgan fingerprint density at radius 2 is 1.91 bits per heavy atom. The summed E-state index contributed by atoms with van der Waals surface area (Å²) in [4.78, 5) is 12.2. The Morgan fingerprint density at radius 1 is 1.13 bits per heavy atom. The van der Waals surface area contributed by atoms with Gasteiger partial charge in [-0.2, -0.15) is 10.2 Å². The molecule has 0 saturated carbocycles. The second-order valence-electron chi connectivity index (χ2n) is 5.97. The van der Waals surface area contributed by atoms with E-state index >= 15 is 0 Å². The quantitative estimate of drug-likeness (QED) is 0.744. The minimum atomic E-state index is -0.101. The van der Waals surface area contributed by atoms with Crippen LogP contribution in [0.2, 0.25) is 0 Å². The molecule has 0 saturated heterocycles. The molecule has 0 atom stereocenters. The molecule has 2 heterocycles. The minimum Gasteiger partial charge on any atom is -0.275 e. The molecule has 0 unspecified atom stereocenters. The number of hydrogen-bond donors (Lipinski definition) is 0. The lowest BCUT2D eigenvalue weighted by Crippen LogP contribution is -2.23. The molecular weight excluding hydrogens is 288 g/mol. The molecule has 5 nitrogen and oxygen atoms in total. The van der Waals surface area contributed by atoms with Crippen LogP contribution >= 0.6 is 0 Å². The van der Waals surface area contributed by atoms with Crippen molar-refractivity contribution in [2.45, 2.75) is 26.3 Å². The molecule has 0 spiro atoms. The summed E-state index contributed by atoms with van der Waals surface area (Å²) in [6.45, 7) is 4.78. The summed E-state index contributed by atoms with van der Waals surface area (Å²) in [6.07, 6.45) is 3.64. The normalized spacial score (nSPS) is 11.1. The van der Waals surface area contributed by atoms with Crippen LogP contribution < -0.4 is 5.56 Å². The van der Waals surface area contributed by atoms with Gasteiger partial charge >= 0.3 is 0 Å². The van der Waals surface area contributed by atoms with Gasteiger partial charge in [0.2, 0.25) is 0 Å². The topological polar surface area (TPSA) is 52.7 Å². The largest absolute Gasteiger partial charge is 0.275 e. The average Bonchev–Trinajstić information content (AvgIpc) is 2.96. The van der Waals surface area contributed by atoms with Crippen LogP contribution in [0.15, 0.2) is 53.6 Å². The van der Waals surface area contributed by atoms with Crippen molar-refractivity contribution >= 4 is 0 Å². The number of aryl methyl sites for hydroxylation is 1. The summed E-state index contributed by atoms with van der Waals surface area (Å²) in [5.41, 5.74) is 3.92. The third-order valence-electron chi connectivity index (χ3n) is 3.86. The van der Waals surface area contributed by atoms with E-state index in [-0.39, 0.29) is 5.56 Å². The fourth-order valence-corrected chi connectivity index (χ4v) is 2.67. The average molecular weight is 308 g/mol. The highest BCUT2D eigenvalue weighted by atomic mass is 16.1. The van der Waals surface area contributed by atoms with E-state index in [1.54, 1.807) is 23.0 Å². The van der Waals surface area contributed by atoms with Gasteiger partial charge < -0.3 is 0 Å². The van der Waals surface area contributed by atoms with E-state index in [4.69, 9.17) is 0 Å². The molecule has 3 aromatic rings. The van der Waals surface area contributed by atoms with Crippen LogP contribution in [0, 0.1) is 0 Å². The summed E-state index contributed by atoms with van der Waals surface area (Å²) < 4.78 is 3.24. The molecule has 0 aliphatic heterocycles. The first-order chi connectivity index (χ1) is 11.0. The van der Waals surface area contributed by atoms with Gasteiger partial charge in [0.25, 0.3) is 5.56 Å². The highest BCUT2D eigenvalue weighted by Crippen LogP contribution is 2.20. The van der Waals surface area contributed by atoms with E-state index in [2.05, 4.69) is 36.2 Å². The predicted octanol–water partition coefficient (Wildman–Crippen LogP) is 2.82. The molecule has 0 aliphatic rings. The molecule has 3 rings (SSSR count). The highest BCUT2D eigenvalue weighted by Gasteiger charge is 2.09. The zero-order chi connectivity index (χ0) is 16.4. The Hall–Kier alpha value is -2.69. The molecule has 0 aliphatic carbocycles. The SMILES string of the molecule is CC(C)c1ccccc1Cn1nc(-c2cnn(C)c2)ccc1=O. The molecule has 118 valence electrons. The van der Waals surface area contributed by atoms with Crippen LogP contribution in [0.4, 0.5) is 0 Å². The lowest BCUT2D eigenvalue weighted by molar-refractivity contribution is 0.634. The smallest absolute Gasteiger partial charge is 0.267 e. The van der Waals surface area contributed by atoms with Gasteiger partial charge in [-0.05, 0) is 23.1 Å². The first-order valence-electron chi connectivity index (χ1n) is 7.69. The summed E-state index contributed by atoms with van der Waals surface area (Å²) in [6, 6.07) is 11.5. The van der Waals surface area contributed by atoms with Gasteiger partial charge in [0.1, 0.15) is 0 Å². The van der Waals surface area contributed by atoms with Crippen molar-refractivity contribution in [1.82, 2.24) is 19.6 Å². The summed E-state index contributed by atoms with van der Waals surface area (Å²) in [7, 11) is 1.86. The van der Waals surface area contributed by atoms with Crippen LogP contribution in [0.5, 0.6) is 0 Å². The van der Waals surface area contributed by atoms with Gasteiger partial charge in [-0.15, -0.1) is 0 Å². The van der Waals surface area contributed by atoms with Crippen molar-refractivity contribution < 1.29 is 0 Å². The van der Waals surface area contributed by atoms with Crippen LogP contribution in [0.1, 0.15) is 30.9 Å². The number of benzene rings is 1. The fourth-order valence-electron chi connectivity index (χ4n) is 2.67. The Kier molecular flexibility index (Phi) is 4.10. The summed E-state index contributed by atoms with van der Waals surface area (Å²) in [5.74, 6) is 0.406. The number of aromatic nitrogens is 4. The lowest BCUT2D eigenvalue weighted by atomic mass is 9.97. The second kappa shape index (κ2) is 6.20. The molecule has 2 aromatic heterocycles. The van der Waals surface area contributed by atoms with Crippen molar-refractivity contribution in [1.29, 1.82) is 0 Å². The second-order valence-corrected chi connectivity index (χ2v) is 5.97. The number of nitrogens with zero attached hydrogens (tertiary/aromatic N) is 4. The van der Waals surface area contributed by atoms with Crippen LogP contribution in [-0.2, 0) is 13.6 Å². The molecule has 5 heteroatoms. The summed E-state index contributed by atoms with van der Waals surface area (Å²) in [5, 5.41) is 8.66. The molecule has 0 bridgehead atoms. The van der Waals surface area contributed by atoms with Crippen LogP contribution in [0.3, 0.4) is 0 Å². The maximum absolute atomic E-state index is 12.2. The zero-order valence-corrected chi connectivity index (χ0v) is 13.6. The van der Waals surface area contributed by atoms with Crippen LogP contribution in [-0.4, -0.2) is 19.6 Å². The van der Waals surface area contributed by atoms with E-state index in [0.717, 1.165) is 16.8 Å². The monoisotopic (exact) mass is 308 g/mol. The Morgan fingerprint density at radius 3 is 2.61 bits per heavy atom. The van der Waals surface area contributed by atoms with Crippen molar-refractivity contribution in [3.05, 3.63) is 70.3 Å². The first kappa shape index (κ1) is 15.2. The third-order valence-corrected chi connectivity index (χ3v) is 3.86. The van der Waals surface area contributed by atoms with Gasteiger partial charge in [-0.1, -0.05) is 38.1 Å². The zero-order valence-electron chi connectivity index (χ0n) is 13.6. The van der Waals surface area contributed by atoms with E-state index in [9.17, 15) is 4.79 Å². The van der Waals surface area contributed by atoms with Gasteiger partial charge in [0.15, 0.2) is 0 Å². The predicted molar refractivity (Wildman–Crippen MR) is 90.3 cm³/mol.